The monoisotopic (exact) mass is 310 g/mol. The van der Waals surface area contributed by atoms with Crippen molar-refractivity contribution in [3.8, 4) is 12.1 Å². The van der Waals surface area contributed by atoms with Crippen LogP contribution in [-0.4, -0.2) is 5.92 Å². The lowest BCUT2D eigenvalue weighted by atomic mass is 9.66. The Morgan fingerprint density at radius 1 is 1.04 bits per heavy atom. The summed E-state index contributed by atoms with van der Waals surface area (Å²) in [5.74, 6) is -3.56. The summed E-state index contributed by atoms with van der Waals surface area (Å²) < 4.78 is 28.0. The fraction of sp³-hybridized carbons (Fsp3) is 0.368. The van der Waals surface area contributed by atoms with Crippen molar-refractivity contribution in [2.24, 2.45) is 11.3 Å². The number of benzene rings is 1. The number of fused-ring (bicyclic) bond motifs is 1. The highest BCUT2D eigenvalue weighted by molar-refractivity contribution is 5.43. The van der Waals surface area contributed by atoms with Gasteiger partial charge in [0.1, 0.15) is 0 Å². The molecule has 0 fully saturated rings. The van der Waals surface area contributed by atoms with Crippen molar-refractivity contribution in [3.05, 3.63) is 59.7 Å². The molecule has 2 aliphatic rings. The van der Waals surface area contributed by atoms with Crippen LogP contribution in [0.25, 0.3) is 0 Å². The van der Waals surface area contributed by atoms with Gasteiger partial charge in [0.25, 0.3) is 5.92 Å². The van der Waals surface area contributed by atoms with E-state index in [-0.39, 0.29) is 18.8 Å². The Morgan fingerprint density at radius 2 is 1.74 bits per heavy atom. The SMILES string of the molecule is N#CC1(C#N)CC=CC(c2ccccc2)C2CC(F)(F)CC=C21. The van der Waals surface area contributed by atoms with Gasteiger partial charge in [-0.15, -0.1) is 0 Å². The van der Waals surface area contributed by atoms with Crippen LogP contribution in [0.1, 0.15) is 30.7 Å². The topological polar surface area (TPSA) is 47.6 Å². The number of halogens is 2. The third-order valence-electron chi connectivity index (χ3n) is 4.80. The first-order valence-corrected chi connectivity index (χ1v) is 7.64. The Balaban J connectivity index is 2.13. The molecule has 0 saturated carbocycles. The van der Waals surface area contributed by atoms with Gasteiger partial charge in [0.15, 0.2) is 5.41 Å². The van der Waals surface area contributed by atoms with Crippen molar-refractivity contribution < 1.29 is 8.78 Å². The second-order valence-electron chi connectivity index (χ2n) is 6.23. The van der Waals surface area contributed by atoms with E-state index < -0.39 is 23.7 Å². The zero-order valence-electron chi connectivity index (χ0n) is 12.5. The maximum absolute atomic E-state index is 14.0. The van der Waals surface area contributed by atoms with Crippen molar-refractivity contribution in [1.29, 1.82) is 10.5 Å². The third-order valence-corrected chi connectivity index (χ3v) is 4.80. The van der Waals surface area contributed by atoms with Gasteiger partial charge in [0.2, 0.25) is 0 Å². The summed E-state index contributed by atoms with van der Waals surface area (Å²) in [6, 6.07) is 13.6. The molecule has 0 saturated heterocycles. The molecular weight excluding hydrogens is 294 g/mol. The number of nitriles is 2. The van der Waals surface area contributed by atoms with Crippen LogP contribution >= 0.6 is 0 Å². The Hall–Kier alpha value is -2.46. The fourth-order valence-electron chi connectivity index (χ4n) is 3.64. The van der Waals surface area contributed by atoms with E-state index in [1.54, 1.807) is 6.08 Å². The van der Waals surface area contributed by atoms with Crippen molar-refractivity contribution in [3.63, 3.8) is 0 Å². The molecule has 0 amide bonds. The molecule has 0 heterocycles. The van der Waals surface area contributed by atoms with Crippen LogP contribution in [0, 0.1) is 34.0 Å². The second-order valence-corrected chi connectivity index (χ2v) is 6.23. The highest BCUT2D eigenvalue weighted by atomic mass is 19.3. The van der Waals surface area contributed by atoms with Crippen LogP contribution in [0.3, 0.4) is 0 Å². The molecule has 0 aromatic heterocycles. The number of alkyl halides is 2. The summed E-state index contributed by atoms with van der Waals surface area (Å²) in [5.41, 5.74) is 0.164. The van der Waals surface area contributed by atoms with Gasteiger partial charge >= 0.3 is 0 Å². The minimum absolute atomic E-state index is 0.239. The van der Waals surface area contributed by atoms with Gasteiger partial charge in [-0.25, -0.2) is 8.78 Å². The molecule has 3 rings (SSSR count). The predicted molar refractivity (Wildman–Crippen MR) is 82.4 cm³/mol. The highest BCUT2D eigenvalue weighted by Gasteiger charge is 2.48. The lowest BCUT2D eigenvalue weighted by molar-refractivity contribution is -0.0253. The largest absolute Gasteiger partial charge is 0.252 e. The summed E-state index contributed by atoms with van der Waals surface area (Å²) >= 11 is 0. The average Bonchev–Trinajstić information content (AvgIpc) is 2.71. The minimum Gasteiger partial charge on any atom is -0.207 e. The quantitative estimate of drug-likeness (QED) is 0.704. The maximum Gasteiger partial charge on any atom is 0.252 e. The van der Waals surface area contributed by atoms with Crippen LogP contribution < -0.4 is 0 Å². The van der Waals surface area contributed by atoms with E-state index in [2.05, 4.69) is 12.1 Å². The zero-order chi connectivity index (χ0) is 16.5. The summed E-state index contributed by atoms with van der Waals surface area (Å²) in [6.07, 6.45) is 4.63. The molecule has 2 atom stereocenters. The van der Waals surface area contributed by atoms with Gasteiger partial charge in [0, 0.05) is 25.2 Å². The minimum atomic E-state index is -2.80. The van der Waals surface area contributed by atoms with Crippen LogP contribution in [0.15, 0.2) is 54.1 Å². The molecule has 0 spiro atoms. The van der Waals surface area contributed by atoms with Gasteiger partial charge in [-0.1, -0.05) is 48.6 Å². The van der Waals surface area contributed by atoms with E-state index in [1.165, 1.54) is 6.08 Å². The molecule has 116 valence electrons. The van der Waals surface area contributed by atoms with E-state index >= 15 is 0 Å². The maximum atomic E-state index is 14.0. The standard InChI is InChI=1S/C19H16F2N2/c20-19(21)10-8-17-16(11-19)15(14-5-2-1-3-6-14)7-4-9-18(17,12-22)13-23/h1-8,15-16H,9-11H2. The molecule has 0 radical (unpaired) electrons. The molecule has 1 aromatic rings. The summed E-state index contributed by atoms with van der Waals surface area (Å²) in [7, 11) is 0. The number of nitrogens with zero attached hydrogens (tertiary/aromatic N) is 2. The van der Waals surface area contributed by atoms with E-state index in [1.807, 2.05) is 36.4 Å². The fourth-order valence-corrected chi connectivity index (χ4v) is 3.64. The summed E-state index contributed by atoms with van der Waals surface area (Å²) in [6.45, 7) is 0. The van der Waals surface area contributed by atoms with Crippen LogP contribution in [-0.2, 0) is 0 Å². The Bertz CT molecular complexity index is 721. The lowest BCUT2D eigenvalue weighted by Gasteiger charge is -2.37. The Kier molecular flexibility index (Phi) is 3.78. The number of hydrogen-bond donors (Lipinski definition) is 0. The Morgan fingerprint density at radius 3 is 2.39 bits per heavy atom. The number of rotatable bonds is 1. The first-order chi connectivity index (χ1) is 11.0. The molecule has 2 unspecified atom stereocenters. The molecular formula is C19H16F2N2. The molecule has 0 N–H and O–H groups in total. The molecule has 2 nitrogen and oxygen atoms in total. The number of hydrogen-bond acceptors (Lipinski definition) is 2. The van der Waals surface area contributed by atoms with Gasteiger partial charge in [0.05, 0.1) is 12.1 Å². The average molecular weight is 310 g/mol. The van der Waals surface area contributed by atoms with Gasteiger partial charge < -0.3 is 0 Å². The van der Waals surface area contributed by atoms with E-state index in [9.17, 15) is 19.3 Å². The smallest absolute Gasteiger partial charge is 0.207 e. The predicted octanol–water partition coefficient (Wildman–Crippen LogP) is 4.74. The molecule has 2 aliphatic carbocycles. The van der Waals surface area contributed by atoms with E-state index in [0.29, 0.717) is 5.57 Å². The van der Waals surface area contributed by atoms with Crippen LogP contribution in [0.5, 0.6) is 0 Å². The van der Waals surface area contributed by atoms with Crippen molar-refractivity contribution >= 4 is 0 Å². The van der Waals surface area contributed by atoms with Crippen molar-refractivity contribution in [2.45, 2.75) is 31.1 Å². The summed E-state index contributed by atoms with van der Waals surface area (Å²) in [5, 5.41) is 19.1. The number of allylic oxidation sites excluding steroid dienone is 4. The first-order valence-electron chi connectivity index (χ1n) is 7.64. The normalized spacial score (nSPS) is 27.7. The Labute approximate surface area is 134 Å². The van der Waals surface area contributed by atoms with Gasteiger partial charge in [-0.05, 0) is 17.1 Å². The van der Waals surface area contributed by atoms with Crippen molar-refractivity contribution in [2.75, 3.05) is 0 Å². The second kappa shape index (κ2) is 5.63. The van der Waals surface area contributed by atoms with Gasteiger partial charge in [-0.3, -0.25) is 0 Å². The molecule has 1 aromatic carbocycles. The van der Waals surface area contributed by atoms with E-state index in [4.69, 9.17) is 0 Å². The highest BCUT2D eigenvalue weighted by Crippen LogP contribution is 2.52. The first kappa shape index (κ1) is 15.4. The molecule has 0 aliphatic heterocycles. The van der Waals surface area contributed by atoms with Gasteiger partial charge in [-0.2, -0.15) is 10.5 Å². The molecule has 23 heavy (non-hydrogen) atoms. The van der Waals surface area contributed by atoms with Crippen LogP contribution in [0.2, 0.25) is 0 Å². The zero-order valence-corrected chi connectivity index (χ0v) is 12.5. The molecule has 4 heteroatoms. The third kappa shape index (κ3) is 2.66. The lowest BCUT2D eigenvalue weighted by Crippen LogP contribution is -2.34. The van der Waals surface area contributed by atoms with Crippen LogP contribution in [0.4, 0.5) is 8.78 Å². The van der Waals surface area contributed by atoms with E-state index in [0.717, 1.165) is 5.56 Å². The molecule has 0 bridgehead atoms. The van der Waals surface area contributed by atoms with Crippen molar-refractivity contribution in [1.82, 2.24) is 0 Å². The summed E-state index contributed by atoms with van der Waals surface area (Å²) in [4.78, 5) is 0.